The minimum Gasteiger partial charge on any atom is -0.453 e. The Morgan fingerprint density at radius 3 is 1.98 bits per heavy atom. The number of para-hydroxylation sites is 1. The van der Waals surface area contributed by atoms with Crippen LogP contribution in [-0.4, -0.2) is 0 Å². The summed E-state index contributed by atoms with van der Waals surface area (Å²) in [5.74, 6) is 0. The molecule has 2 nitrogen and oxygen atoms in total. The van der Waals surface area contributed by atoms with Gasteiger partial charge in [0.05, 0.1) is 11.4 Å². The van der Waals surface area contributed by atoms with Crippen molar-refractivity contribution in [3.8, 4) is 11.1 Å². The highest BCUT2D eigenvalue weighted by atomic mass is 16.3. The second-order valence-electron chi connectivity index (χ2n) is 12.2. The highest BCUT2D eigenvalue weighted by Gasteiger charge is 2.35. The van der Waals surface area contributed by atoms with Gasteiger partial charge in [-0.05, 0) is 63.4 Å². The molecule has 43 heavy (non-hydrogen) atoms. The Bertz CT molecular complexity index is 2390. The van der Waals surface area contributed by atoms with Crippen LogP contribution in [0.25, 0.3) is 54.6 Å². The van der Waals surface area contributed by atoms with Crippen molar-refractivity contribution >= 4 is 60.5 Å². The molecule has 1 aliphatic rings. The molecule has 1 aromatic heterocycles. The molecule has 0 radical (unpaired) electrons. The van der Waals surface area contributed by atoms with Crippen molar-refractivity contribution in [3.05, 3.63) is 151 Å². The van der Waals surface area contributed by atoms with Gasteiger partial charge in [0.15, 0.2) is 5.58 Å². The van der Waals surface area contributed by atoms with Gasteiger partial charge in [0.1, 0.15) is 5.58 Å². The van der Waals surface area contributed by atoms with Crippen LogP contribution in [0.5, 0.6) is 0 Å². The van der Waals surface area contributed by atoms with Crippen LogP contribution in [0, 0.1) is 0 Å². The summed E-state index contributed by atoms with van der Waals surface area (Å²) in [5, 5.41) is 6.98. The lowest BCUT2D eigenvalue weighted by atomic mass is 9.82. The van der Waals surface area contributed by atoms with Gasteiger partial charge in [-0.3, -0.25) is 0 Å². The van der Waals surface area contributed by atoms with Gasteiger partial charge in [-0.15, -0.1) is 0 Å². The van der Waals surface area contributed by atoms with Crippen LogP contribution in [0.4, 0.5) is 17.1 Å². The average molecular weight is 552 g/mol. The van der Waals surface area contributed by atoms with Gasteiger partial charge < -0.3 is 9.32 Å². The standard InChI is InChI=1S/C41H29NO/c1-41(2)35-18-8-7-16-31(35)34-25-28(22-24-36(34)41)42(37-19-9-13-26-11-3-5-14-29(26)37)38-20-10-17-32-33-23-21-27-12-4-6-15-30(27)39(33)43-40(32)38/h3-25H,1-2H3. The van der Waals surface area contributed by atoms with Gasteiger partial charge in [-0.1, -0.05) is 123 Å². The lowest BCUT2D eigenvalue weighted by Crippen LogP contribution is -2.15. The van der Waals surface area contributed by atoms with E-state index in [1.807, 2.05) is 0 Å². The molecule has 1 heterocycles. The number of nitrogens with zero attached hydrogens (tertiary/aromatic N) is 1. The number of hydrogen-bond acceptors (Lipinski definition) is 2. The molecule has 2 heteroatoms. The molecular weight excluding hydrogens is 522 g/mol. The van der Waals surface area contributed by atoms with Crippen LogP contribution < -0.4 is 4.90 Å². The fourth-order valence-corrected chi connectivity index (χ4v) is 7.35. The van der Waals surface area contributed by atoms with E-state index in [0.717, 1.165) is 44.4 Å². The predicted octanol–water partition coefficient (Wildman–Crippen LogP) is 11.7. The minimum absolute atomic E-state index is 0.0471. The lowest BCUT2D eigenvalue weighted by molar-refractivity contribution is 0.660. The van der Waals surface area contributed by atoms with Crippen molar-refractivity contribution < 1.29 is 4.42 Å². The Labute approximate surface area is 250 Å². The third-order valence-electron chi connectivity index (χ3n) is 9.44. The molecule has 204 valence electrons. The molecule has 0 unspecified atom stereocenters. The van der Waals surface area contributed by atoms with Crippen molar-refractivity contribution in [2.45, 2.75) is 19.3 Å². The van der Waals surface area contributed by atoms with E-state index in [2.05, 4.69) is 158 Å². The first-order valence-corrected chi connectivity index (χ1v) is 14.9. The number of fused-ring (bicyclic) bond motifs is 9. The van der Waals surface area contributed by atoms with E-state index >= 15 is 0 Å². The number of hydrogen-bond donors (Lipinski definition) is 0. The normalized spacial score (nSPS) is 13.5. The van der Waals surface area contributed by atoms with Crippen LogP contribution in [0.15, 0.2) is 144 Å². The SMILES string of the molecule is CC1(C)c2ccccc2-c2cc(N(c3cccc4ccccc34)c3cccc4c3oc3c5ccccc5ccc43)ccc21. The summed E-state index contributed by atoms with van der Waals surface area (Å²) in [5.41, 5.74) is 10.4. The minimum atomic E-state index is -0.0471. The largest absolute Gasteiger partial charge is 0.453 e. The third-order valence-corrected chi connectivity index (χ3v) is 9.44. The molecule has 8 aromatic rings. The second-order valence-corrected chi connectivity index (χ2v) is 12.2. The number of furan rings is 1. The molecule has 0 spiro atoms. The van der Waals surface area contributed by atoms with Gasteiger partial charge in [0.25, 0.3) is 0 Å². The van der Waals surface area contributed by atoms with E-state index in [4.69, 9.17) is 4.42 Å². The quantitative estimate of drug-likeness (QED) is 0.217. The Morgan fingerprint density at radius 2 is 1.09 bits per heavy atom. The van der Waals surface area contributed by atoms with Crippen molar-refractivity contribution in [3.63, 3.8) is 0 Å². The molecule has 0 saturated carbocycles. The predicted molar refractivity (Wildman–Crippen MR) is 181 cm³/mol. The molecule has 0 fully saturated rings. The van der Waals surface area contributed by atoms with Gasteiger partial charge >= 0.3 is 0 Å². The summed E-state index contributed by atoms with van der Waals surface area (Å²) in [7, 11) is 0. The molecule has 7 aromatic carbocycles. The van der Waals surface area contributed by atoms with Crippen LogP contribution in [0.1, 0.15) is 25.0 Å². The highest BCUT2D eigenvalue weighted by molar-refractivity contribution is 6.18. The second kappa shape index (κ2) is 8.83. The Hall–Kier alpha value is -5.34. The van der Waals surface area contributed by atoms with Crippen LogP contribution in [0.2, 0.25) is 0 Å². The van der Waals surface area contributed by atoms with Crippen LogP contribution >= 0.6 is 0 Å². The van der Waals surface area contributed by atoms with Gasteiger partial charge in [0, 0.05) is 32.6 Å². The Balaban J connectivity index is 1.36. The van der Waals surface area contributed by atoms with E-state index in [1.54, 1.807) is 0 Å². The van der Waals surface area contributed by atoms with Gasteiger partial charge in [-0.2, -0.15) is 0 Å². The summed E-state index contributed by atoms with van der Waals surface area (Å²) in [4.78, 5) is 2.39. The molecule has 0 atom stereocenters. The van der Waals surface area contributed by atoms with E-state index in [1.165, 1.54) is 38.4 Å². The fourth-order valence-electron chi connectivity index (χ4n) is 7.35. The number of benzene rings is 7. The Morgan fingerprint density at radius 1 is 0.465 bits per heavy atom. The molecule has 9 rings (SSSR count). The zero-order valence-electron chi connectivity index (χ0n) is 24.1. The molecule has 0 saturated heterocycles. The molecule has 0 aliphatic heterocycles. The maximum atomic E-state index is 6.87. The van der Waals surface area contributed by atoms with Crippen molar-refractivity contribution in [2.75, 3.05) is 4.90 Å². The summed E-state index contributed by atoms with van der Waals surface area (Å²) in [6.45, 7) is 4.67. The van der Waals surface area contributed by atoms with E-state index < -0.39 is 0 Å². The molecule has 0 N–H and O–H groups in total. The lowest BCUT2D eigenvalue weighted by Gasteiger charge is -2.28. The van der Waals surface area contributed by atoms with Crippen molar-refractivity contribution in [2.24, 2.45) is 0 Å². The molecule has 1 aliphatic carbocycles. The maximum absolute atomic E-state index is 6.87. The van der Waals surface area contributed by atoms with Crippen LogP contribution in [-0.2, 0) is 5.41 Å². The maximum Gasteiger partial charge on any atom is 0.159 e. The summed E-state index contributed by atoms with van der Waals surface area (Å²) in [6.07, 6.45) is 0. The zero-order chi connectivity index (χ0) is 28.7. The summed E-state index contributed by atoms with van der Waals surface area (Å²) < 4.78 is 6.87. The van der Waals surface area contributed by atoms with Gasteiger partial charge in [-0.25, -0.2) is 0 Å². The van der Waals surface area contributed by atoms with E-state index in [9.17, 15) is 0 Å². The van der Waals surface area contributed by atoms with E-state index in [0.29, 0.717) is 0 Å². The van der Waals surface area contributed by atoms with E-state index in [-0.39, 0.29) is 5.41 Å². The van der Waals surface area contributed by atoms with Crippen LogP contribution in [0.3, 0.4) is 0 Å². The highest BCUT2D eigenvalue weighted by Crippen LogP contribution is 2.52. The monoisotopic (exact) mass is 551 g/mol. The number of anilines is 3. The van der Waals surface area contributed by atoms with Crippen molar-refractivity contribution in [1.82, 2.24) is 0 Å². The smallest absolute Gasteiger partial charge is 0.159 e. The fraction of sp³-hybridized carbons (Fsp3) is 0.0732. The Kier molecular flexibility index (Phi) is 4.99. The average Bonchev–Trinajstić information content (AvgIpc) is 3.55. The first-order valence-electron chi connectivity index (χ1n) is 14.9. The zero-order valence-corrected chi connectivity index (χ0v) is 24.1. The molecule has 0 amide bonds. The summed E-state index contributed by atoms with van der Waals surface area (Å²) in [6, 6.07) is 50.4. The topological polar surface area (TPSA) is 16.4 Å². The summed E-state index contributed by atoms with van der Waals surface area (Å²) >= 11 is 0. The molecular formula is C41H29NO. The first kappa shape index (κ1) is 24.3. The third kappa shape index (κ3) is 3.41. The van der Waals surface area contributed by atoms with Gasteiger partial charge in [0.2, 0.25) is 0 Å². The van der Waals surface area contributed by atoms with Crippen molar-refractivity contribution in [1.29, 1.82) is 0 Å². The first-order chi connectivity index (χ1) is 21.1. The number of rotatable bonds is 3. The molecule has 0 bridgehead atoms.